The topological polar surface area (TPSA) is 44.2 Å². The molecule has 0 spiro atoms. The summed E-state index contributed by atoms with van der Waals surface area (Å²) in [7, 11) is 1.57. The van der Waals surface area contributed by atoms with Gasteiger partial charge in [0, 0.05) is 0 Å². The number of hydrogen-bond donors (Lipinski definition) is 0. The van der Waals surface area contributed by atoms with Crippen LogP contribution in [0.25, 0.3) is 0 Å². The Morgan fingerprint density at radius 1 is 1.33 bits per heavy atom. The fourth-order valence-corrected chi connectivity index (χ4v) is 0.841. The first kappa shape index (κ1) is 8.77. The molecule has 0 aliphatic heterocycles. The maximum absolute atomic E-state index is 5.20. The summed E-state index contributed by atoms with van der Waals surface area (Å²) in [4.78, 5) is 8.08. The van der Waals surface area contributed by atoms with Crippen molar-refractivity contribution in [1.82, 2.24) is 9.97 Å². The molecule has 0 saturated carbocycles. The van der Waals surface area contributed by atoms with Crippen molar-refractivity contribution < 1.29 is 9.47 Å². The Hall–Kier alpha value is -1.32. The third-order valence-electron chi connectivity index (χ3n) is 1.29. The van der Waals surface area contributed by atoms with E-state index < -0.39 is 0 Å². The predicted molar refractivity (Wildman–Crippen MR) is 44.5 cm³/mol. The molecular weight excluding hydrogens is 156 g/mol. The van der Waals surface area contributed by atoms with Crippen LogP contribution in [0.1, 0.15) is 12.7 Å². The van der Waals surface area contributed by atoms with Crippen LogP contribution in [-0.2, 0) is 0 Å². The van der Waals surface area contributed by atoms with Gasteiger partial charge in [0.25, 0.3) is 0 Å². The number of rotatable bonds is 3. The van der Waals surface area contributed by atoms with E-state index in [2.05, 4.69) is 9.97 Å². The van der Waals surface area contributed by atoms with E-state index in [1.807, 2.05) is 6.92 Å². The minimum Gasteiger partial charge on any atom is -0.481 e. The molecule has 0 atom stereocenters. The lowest BCUT2D eigenvalue weighted by Gasteiger charge is -2.04. The second kappa shape index (κ2) is 3.90. The van der Waals surface area contributed by atoms with Gasteiger partial charge in [-0.15, -0.1) is 0 Å². The van der Waals surface area contributed by atoms with Gasteiger partial charge in [-0.3, -0.25) is 0 Å². The van der Waals surface area contributed by atoms with Gasteiger partial charge in [0.1, 0.15) is 5.82 Å². The number of aryl methyl sites for hydroxylation is 1. The second-order valence-corrected chi connectivity index (χ2v) is 2.23. The van der Waals surface area contributed by atoms with Crippen LogP contribution < -0.4 is 9.47 Å². The number of ether oxygens (including phenoxy) is 2. The molecule has 0 N–H and O–H groups in total. The molecular formula is C8H12N2O2. The van der Waals surface area contributed by atoms with Crippen molar-refractivity contribution in [2.75, 3.05) is 13.7 Å². The summed E-state index contributed by atoms with van der Waals surface area (Å²) >= 11 is 0. The molecule has 1 aromatic heterocycles. The highest BCUT2D eigenvalue weighted by Gasteiger charge is 2.00. The van der Waals surface area contributed by atoms with Crippen LogP contribution in [0.5, 0.6) is 11.8 Å². The van der Waals surface area contributed by atoms with Crippen molar-refractivity contribution >= 4 is 0 Å². The Bertz CT molecular complexity index is 263. The highest BCUT2D eigenvalue weighted by Crippen LogP contribution is 2.14. The second-order valence-electron chi connectivity index (χ2n) is 2.23. The first-order valence-corrected chi connectivity index (χ1v) is 3.78. The van der Waals surface area contributed by atoms with Crippen molar-refractivity contribution in [3.05, 3.63) is 11.9 Å². The van der Waals surface area contributed by atoms with E-state index in [4.69, 9.17) is 9.47 Å². The standard InChI is InChI=1S/C8H12N2O2/c1-4-12-8-5-7(11-3)9-6(2)10-8/h5H,4H2,1-3H3. The largest absolute Gasteiger partial charge is 0.481 e. The van der Waals surface area contributed by atoms with E-state index in [1.54, 1.807) is 20.1 Å². The quantitative estimate of drug-likeness (QED) is 0.680. The maximum atomic E-state index is 5.20. The molecule has 0 bridgehead atoms. The fourth-order valence-electron chi connectivity index (χ4n) is 0.841. The summed E-state index contributed by atoms with van der Waals surface area (Å²) in [5.41, 5.74) is 0. The molecule has 1 rings (SSSR count). The molecule has 66 valence electrons. The number of aromatic nitrogens is 2. The Labute approximate surface area is 71.6 Å². The molecule has 0 aliphatic rings. The lowest BCUT2D eigenvalue weighted by Crippen LogP contribution is -1.99. The van der Waals surface area contributed by atoms with E-state index in [0.29, 0.717) is 24.2 Å². The molecule has 4 nitrogen and oxygen atoms in total. The number of nitrogens with zero attached hydrogens (tertiary/aromatic N) is 2. The highest BCUT2D eigenvalue weighted by atomic mass is 16.5. The normalized spacial score (nSPS) is 9.58. The zero-order valence-corrected chi connectivity index (χ0v) is 7.50. The summed E-state index contributed by atoms with van der Waals surface area (Å²) in [5, 5.41) is 0. The lowest BCUT2D eigenvalue weighted by molar-refractivity contribution is 0.318. The average Bonchev–Trinajstić information content (AvgIpc) is 2.04. The minimum atomic E-state index is 0.533. The smallest absolute Gasteiger partial charge is 0.220 e. The molecule has 0 fully saturated rings. The van der Waals surface area contributed by atoms with Crippen LogP contribution >= 0.6 is 0 Å². The summed E-state index contributed by atoms with van der Waals surface area (Å²) in [6, 6.07) is 1.66. The molecule has 0 saturated heterocycles. The van der Waals surface area contributed by atoms with Gasteiger partial charge in [0.05, 0.1) is 19.8 Å². The van der Waals surface area contributed by atoms with Crippen molar-refractivity contribution in [2.24, 2.45) is 0 Å². The van der Waals surface area contributed by atoms with Gasteiger partial charge in [-0.25, -0.2) is 0 Å². The molecule has 0 aliphatic carbocycles. The average molecular weight is 168 g/mol. The van der Waals surface area contributed by atoms with Crippen molar-refractivity contribution in [3.63, 3.8) is 0 Å². The third kappa shape index (κ3) is 2.08. The molecule has 4 heteroatoms. The molecule has 1 aromatic rings. The first-order chi connectivity index (χ1) is 5.76. The van der Waals surface area contributed by atoms with Gasteiger partial charge in [-0.05, 0) is 13.8 Å². The molecule has 0 amide bonds. The number of methoxy groups -OCH3 is 1. The monoisotopic (exact) mass is 168 g/mol. The first-order valence-electron chi connectivity index (χ1n) is 3.78. The van der Waals surface area contributed by atoms with Crippen LogP contribution in [-0.4, -0.2) is 23.7 Å². The maximum Gasteiger partial charge on any atom is 0.220 e. The van der Waals surface area contributed by atoms with E-state index >= 15 is 0 Å². The molecule has 1 heterocycles. The predicted octanol–water partition coefficient (Wildman–Crippen LogP) is 1.19. The van der Waals surface area contributed by atoms with Crippen LogP contribution in [0.2, 0.25) is 0 Å². The Balaban J connectivity index is 2.90. The summed E-state index contributed by atoms with van der Waals surface area (Å²) in [5.74, 6) is 1.74. The fraction of sp³-hybridized carbons (Fsp3) is 0.500. The van der Waals surface area contributed by atoms with Crippen molar-refractivity contribution in [1.29, 1.82) is 0 Å². The van der Waals surface area contributed by atoms with Gasteiger partial charge >= 0.3 is 0 Å². The molecule has 0 aromatic carbocycles. The third-order valence-corrected chi connectivity index (χ3v) is 1.29. The van der Waals surface area contributed by atoms with E-state index in [0.717, 1.165) is 0 Å². The molecule has 12 heavy (non-hydrogen) atoms. The molecule has 0 radical (unpaired) electrons. The molecule has 0 unspecified atom stereocenters. The Morgan fingerprint density at radius 3 is 2.58 bits per heavy atom. The summed E-state index contributed by atoms with van der Waals surface area (Å²) in [6.45, 7) is 4.30. The SMILES string of the molecule is CCOc1cc(OC)nc(C)n1. The Kier molecular flexibility index (Phi) is 2.85. The zero-order valence-electron chi connectivity index (χ0n) is 7.50. The van der Waals surface area contributed by atoms with Gasteiger partial charge in [0.2, 0.25) is 11.8 Å². The van der Waals surface area contributed by atoms with Crippen LogP contribution in [0.4, 0.5) is 0 Å². The number of hydrogen-bond acceptors (Lipinski definition) is 4. The lowest BCUT2D eigenvalue weighted by atomic mass is 10.5. The van der Waals surface area contributed by atoms with Crippen LogP contribution in [0, 0.1) is 6.92 Å². The van der Waals surface area contributed by atoms with Gasteiger partial charge < -0.3 is 9.47 Å². The summed E-state index contributed by atoms with van der Waals surface area (Å²) in [6.07, 6.45) is 0. The Morgan fingerprint density at radius 2 is 2.00 bits per heavy atom. The highest BCUT2D eigenvalue weighted by molar-refractivity contribution is 5.20. The van der Waals surface area contributed by atoms with Crippen LogP contribution in [0.15, 0.2) is 6.07 Å². The zero-order chi connectivity index (χ0) is 8.97. The summed E-state index contributed by atoms with van der Waals surface area (Å²) < 4.78 is 10.1. The van der Waals surface area contributed by atoms with E-state index in [-0.39, 0.29) is 0 Å². The van der Waals surface area contributed by atoms with Gasteiger partial charge in [0.15, 0.2) is 0 Å². The van der Waals surface area contributed by atoms with Gasteiger partial charge in [-0.2, -0.15) is 9.97 Å². The van der Waals surface area contributed by atoms with E-state index in [9.17, 15) is 0 Å². The van der Waals surface area contributed by atoms with Crippen molar-refractivity contribution in [3.8, 4) is 11.8 Å². The minimum absolute atomic E-state index is 0.533. The van der Waals surface area contributed by atoms with Crippen molar-refractivity contribution in [2.45, 2.75) is 13.8 Å². The van der Waals surface area contributed by atoms with Gasteiger partial charge in [-0.1, -0.05) is 0 Å². The van der Waals surface area contributed by atoms with E-state index in [1.165, 1.54) is 0 Å². The van der Waals surface area contributed by atoms with Crippen LogP contribution in [0.3, 0.4) is 0 Å².